The van der Waals surface area contributed by atoms with E-state index >= 15 is 0 Å². The van der Waals surface area contributed by atoms with Crippen LogP contribution in [0, 0.1) is 6.92 Å². The highest BCUT2D eigenvalue weighted by atomic mass is 35.5. The molecule has 0 saturated heterocycles. The van der Waals surface area contributed by atoms with Gasteiger partial charge in [0, 0.05) is 5.56 Å². The van der Waals surface area contributed by atoms with Crippen molar-refractivity contribution in [3.63, 3.8) is 0 Å². The van der Waals surface area contributed by atoms with Gasteiger partial charge in [0.2, 0.25) is 0 Å². The number of thiophene rings is 1. The lowest BCUT2D eigenvalue weighted by Gasteiger charge is -2.05. The number of anilines is 1. The molecular formula is C16H14ClN3O2S. The van der Waals surface area contributed by atoms with Crippen LogP contribution in [0.25, 0.3) is 21.6 Å². The number of hydrogen-bond donors (Lipinski definition) is 1. The maximum absolute atomic E-state index is 12.0. The lowest BCUT2D eigenvalue weighted by atomic mass is 10.2. The average Bonchev–Trinajstić information content (AvgIpc) is 2.85. The molecule has 0 radical (unpaired) electrons. The largest absolute Gasteiger partial charge is 0.462 e. The predicted octanol–water partition coefficient (Wildman–Crippen LogP) is 4.08. The number of nitrogens with two attached hydrogens (primary N) is 1. The van der Waals surface area contributed by atoms with Crippen LogP contribution < -0.4 is 5.73 Å². The van der Waals surface area contributed by atoms with E-state index in [1.54, 1.807) is 13.0 Å². The van der Waals surface area contributed by atoms with Crippen LogP contribution in [0.1, 0.15) is 22.2 Å². The highest BCUT2D eigenvalue weighted by Gasteiger charge is 2.21. The second kappa shape index (κ2) is 6.14. The minimum atomic E-state index is -0.369. The average molecular weight is 348 g/mol. The van der Waals surface area contributed by atoms with E-state index in [0.29, 0.717) is 43.9 Å². The summed E-state index contributed by atoms with van der Waals surface area (Å²) in [6.45, 7) is 3.91. The monoisotopic (exact) mass is 347 g/mol. The summed E-state index contributed by atoms with van der Waals surface area (Å²) in [5.41, 5.74) is 7.54. The topological polar surface area (TPSA) is 78.1 Å². The van der Waals surface area contributed by atoms with Gasteiger partial charge in [-0.05, 0) is 31.5 Å². The molecule has 118 valence electrons. The fourth-order valence-corrected chi connectivity index (χ4v) is 3.63. The van der Waals surface area contributed by atoms with E-state index in [9.17, 15) is 4.79 Å². The van der Waals surface area contributed by atoms with Crippen LogP contribution in [0.15, 0.2) is 24.3 Å². The first-order chi connectivity index (χ1) is 11.0. The molecule has 0 aliphatic heterocycles. The molecule has 0 fully saturated rings. The van der Waals surface area contributed by atoms with Gasteiger partial charge < -0.3 is 10.5 Å². The Balaban J connectivity index is 2.19. The minimum Gasteiger partial charge on any atom is -0.462 e. The SMILES string of the molecule is CCOC(=O)c1sc2nc(-c3ccccc3Cl)nc(N)c2c1C. The number of ether oxygens (including phenoxy) is 1. The van der Waals surface area contributed by atoms with Gasteiger partial charge in [0.15, 0.2) is 5.82 Å². The Kier molecular flexibility index (Phi) is 4.19. The van der Waals surface area contributed by atoms with E-state index in [-0.39, 0.29) is 5.97 Å². The summed E-state index contributed by atoms with van der Waals surface area (Å²) in [4.78, 5) is 22.1. The quantitative estimate of drug-likeness (QED) is 0.722. The molecule has 7 heteroatoms. The zero-order valence-corrected chi connectivity index (χ0v) is 14.2. The van der Waals surface area contributed by atoms with E-state index in [1.807, 2.05) is 25.1 Å². The minimum absolute atomic E-state index is 0.318. The maximum Gasteiger partial charge on any atom is 0.348 e. The smallest absolute Gasteiger partial charge is 0.348 e. The molecule has 0 aliphatic carbocycles. The summed E-state index contributed by atoms with van der Waals surface area (Å²) < 4.78 is 5.07. The van der Waals surface area contributed by atoms with Crippen molar-refractivity contribution in [1.82, 2.24) is 9.97 Å². The zero-order chi connectivity index (χ0) is 16.6. The second-order valence-electron chi connectivity index (χ2n) is 4.87. The Morgan fingerprint density at radius 3 is 2.78 bits per heavy atom. The zero-order valence-electron chi connectivity index (χ0n) is 12.6. The number of fused-ring (bicyclic) bond motifs is 1. The van der Waals surface area contributed by atoms with Crippen molar-refractivity contribution in [3.8, 4) is 11.4 Å². The van der Waals surface area contributed by atoms with Gasteiger partial charge in [0.05, 0.1) is 17.0 Å². The first-order valence-corrected chi connectivity index (χ1v) is 8.21. The van der Waals surface area contributed by atoms with Crippen LogP contribution >= 0.6 is 22.9 Å². The third-order valence-electron chi connectivity index (χ3n) is 3.39. The molecule has 0 saturated carbocycles. The van der Waals surface area contributed by atoms with E-state index < -0.39 is 0 Å². The molecule has 5 nitrogen and oxygen atoms in total. The Hall–Kier alpha value is -2.18. The van der Waals surface area contributed by atoms with Crippen molar-refractivity contribution in [1.29, 1.82) is 0 Å². The Morgan fingerprint density at radius 1 is 1.35 bits per heavy atom. The van der Waals surface area contributed by atoms with E-state index in [2.05, 4.69) is 9.97 Å². The Morgan fingerprint density at radius 2 is 2.09 bits per heavy atom. The molecule has 0 aliphatic rings. The molecule has 2 N–H and O–H groups in total. The highest BCUT2D eigenvalue weighted by Crippen LogP contribution is 2.35. The van der Waals surface area contributed by atoms with Gasteiger partial charge in [0.25, 0.3) is 0 Å². The summed E-state index contributed by atoms with van der Waals surface area (Å²) in [5.74, 6) is 0.401. The van der Waals surface area contributed by atoms with Crippen molar-refractivity contribution < 1.29 is 9.53 Å². The van der Waals surface area contributed by atoms with E-state index in [0.717, 1.165) is 5.56 Å². The lowest BCUT2D eigenvalue weighted by Crippen LogP contribution is -2.03. The molecule has 0 bridgehead atoms. The fraction of sp³-hybridized carbons (Fsp3) is 0.188. The van der Waals surface area contributed by atoms with Crippen molar-refractivity contribution >= 4 is 44.9 Å². The molecule has 0 amide bonds. The van der Waals surface area contributed by atoms with Gasteiger partial charge in [-0.15, -0.1) is 11.3 Å². The molecule has 3 rings (SSSR count). The summed E-state index contributed by atoms with van der Waals surface area (Å²) in [6.07, 6.45) is 0. The Labute approximate surface area is 142 Å². The van der Waals surface area contributed by atoms with Gasteiger partial charge in [0.1, 0.15) is 15.5 Å². The fourth-order valence-electron chi connectivity index (χ4n) is 2.32. The maximum atomic E-state index is 12.0. The standard InChI is InChI=1S/C16H14ClN3O2S/c1-3-22-16(21)12-8(2)11-13(18)19-14(20-15(11)23-12)9-6-4-5-7-10(9)17/h4-7H,3H2,1-2H3,(H2,18,19,20). The highest BCUT2D eigenvalue weighted by molar-refractivity contribution is 7.20. The first-order valence-electron chi connectivity index (χ1n) is 7.01. The number of halogens is 1. The number of hydrogen-bond acceptors (Lipinski definition) is 6. The molecule has 1 aromatic carbocycles. The molecule has 2 heterocycles. The number of nitrogens with zero attached hydrogens (tertiary/aromatic N) is 2. The van der Waals surface area contributed by atoms with Crippen molar-refractivity contribution in [3.05, 3.63) is 39.7 Å². The van der Waals surface area contributed by atoms with Gasteiger partial charge >= 0.3 is 5.97 Å². The van der Waals surface area contributed by atoms with Crippen LogP contribution in [0.3, 0.4) is 0 Å². The van der Waals surface area contributed by atoms with Gasteiger partial charge in [-0.3, -0.25) is 0 Å². The molecule has 0 atom stereocenters. The number of esters is 1. The number of aryl methyl sites for hydroxylation is 1. The van der Waals surface area contributed by atoms with Gasteiger partial charge in [-0.1, -0.05) is 23.7 Å². The molecule has 3 aromatic rings. The number of carbonyl (C=O) groups is 1. The number of benzene rings is 1. The van der Waals surface area contributed by atoms with Gasteiger partial charge in [-0.25, -0.2) is 14.8 Å². The third-order valence-corrected chi connectivity index (χ3v) is 4.89. The second-order valence-corrected chi connectivity index (χ2v) is 6.28. The third kappa shape index (κ3) is 2.75. The molecular weight excluding hydrogens is 334 g/mol. The Bertz CT molecular complexity index is 908. The van der Waals surface area contributed by atoms with Crippen LogP contribution in [-0.4, -0.2) is 22.5 Å². The first kappa shape index (κ1) is 15.7. The van der Waals surface area contributed by atoms with Crippen LogP contribution in [-0.2, 0) is 4.74 Å². The molecule has 2 aromatic heterocycles. The van der Waals surface area contributed by atoms with Crippen molar-refractivity contribution in [2.24, 2.45) is 0 Å². The predicted molar refractivity (Wildman–Crippen MR) is 93.0 cm³/mol. The molecule has 0 spiro atoms. The number of nitrogen functional groups attached to an aromatic ring is 1. The molecule has 0 unspecified atom stereocenters. The normalized spacial score (nSPS) is 10.9. The van der Waals surface area contributed by atoms with E-state index in [1.165, 1.54) is 11.3 Å². The summed E-state index contributed by atoms with van der Waals surface area (Å²) >= 11 is 7.45. The molecule has 23 heavy (non-hydrogen) atoms. The van der Waals surface area contributed by atoms with Crippen LogP contribution in [0.4, 0.5) is 5.82 Å². The lowest BCUT2D eigenvalue weighted by molar-refractivity contribution is 0.0531. The van der Waals surface area contributed by atoms with E-state index in [4.69, 9.17) is 22.1 Å². The van der Waals surface area contributed by atoms with Gasteiger partial charge in [-0.2, -0.15) is 0 Å². The van der Waals surface area contributed by atoms with Crippen LogP contribution in [0.5, 0.6) is 0 Å². The number of aromatic nitrogens is 2. The summed E-state index contributed by atoms with van der Waals surface area (Å²) in [6, 6.07) is 7.29. The van der Waals surface area contributed by atoms with Crippen molar-refractivity contribution in [2.75, 3.05) is 12.3 Å². The summed E-state index contributed by atoms with van der Waals surface area (Å²) in [5, 5.41) is 1.24. The number of carbonyl (C=O) groups excluding carboxylic acids is 1. The summed E-state index contributed by atoms with van der Waals surface area (Å²) in [7, 11) is 0. The van der Waals surface area contributed by atoms with Crippen molar-refractivity contribution in [2.45, 2.75) is 13.8 Å². The number of rotatable bonds is 3. The van der Waals surface area contributed by atoms with Crippen LogP contribution in [0.2, 0.25) is 5.02 Å².